The van der Waals surface area contributed by atoms with Crippen LogP contribution >= 0.6 is 0 Å². The van der Waals surface area contributed by atoms with E-state index in [9.17, 15) is 0 Å². The number of imidazole rings is 1. The van der Waals surface area contributed by atoms with Crippen LogP contribution in [0, 0.1) is 6.92 Å². The number of para-hydroxylation sites is 3. The van der Waals surface area contributed by atoms with Gasteiger partial charge in [0.2, 0.25) is 5.95 Å². The van der Waals surface area contributed by atoms with Crippen molar-refractivity contribution in [3.8, 4) is 22.5 Å². The molecule has 2 aliphatic rings. The zero-order chi connectivity index (χ0) is 31.5. The van der Waals surface area contributed by atoms with E-state index in [2.05, 4.69) is 109 Å². The van der Waals surface area contributed by atoms with E-state index in [1.54, 1.807) is 0 Å². The molecule has 4 aromatic carbocycles. The van der Waals surface area contributed by atoms with Crippen LogP contribution in [0.2, 0.25) is 0 Å². The van der Waals surface area contributed by atoms with Gasteiger partial charge in [0.15, 0.2) is 0 Å². The lowest BCUT2D eigenvalue weighted by Crippen LogP contribution is -2.27. The highest BCUT2D eigenvalue weighted by Crippen LogP contribution is 2.43. The summed E-state index contributed by atoms with van der Waals surface area (Å²) in [5.41, 5.74) is 13.0. The third kappa shape index (κ3) is 4.10. The van der Waals surface area contributed by atoms with Crippen molar-refractivity contribution in [3.05, 3.63) is 170 Å². The molecule has 0 atom stereocenters. The maximum atomic E-state index is 5.05. The van der Waals surface area contributed by atoms with Gasteiger partial charge in [0.1, 0.15) is 5.82 Å². The Bertz CT molecular complexity index is 2390. The average Bonchev–Trinajstić information content (AvgIpc) is 3.60. The summed E-state index contributed by atoms with van der Waals surface area (Å²) in [6.45, 7) is 19.3. The van der Waals surface area contributed by atoms with Gasteiger partial charge in [-0.1, -0.05) is 93.1 Å². The van der Waals surface area contributed by atoms with E-state index in [1.807, 2.05) is 59.5 Å². The Kier molecular flexibility index (Phi) is 6.22. The molecule has 0 bridgehead atoms. The van der Waals surface area contributed by atoms with Crippen molar-refractivity contribution in [1.82, 2.24) is 14.1 Å². The van der Waals surface area contributed by atoms with E-state index in [0.29, 0.717) is 11.8 Å². The van der Waals surface area contributed by atoms with Crippen LogP contribution in [0.4, 0.5) is 5.95 Å². The second kappa shape index (κ2) is 10.5. The lowest BCUT2D eigenvalue weighted by Gasteiger charge is -2.33. The molecule has 0 saturated carbocycles. The molecular formula is C41H31N5. The molecule has 3 heterocycles. The smallest absolute Gasteiger partial charge is 0.221 e. The average molecular weight is 594 g/mol. The Balaban J connectivity index is 1.28. The molecule has 0 spiro atoms. The predicted molar refractivity (Wildman–Crippen MR) is 194 cm³/mol. The number of hydrogen-bond donors (Lipinski definition) is 0. The van der Waals surface area contributed by atoms with E-state index in [0.717, 1.165) is 67.3 Å². The van der Waals surface area contributed by atoms with Crippen LogP contribution in [-0.2, 0) is 0 Å². The monoisotopic (exact) mass is 593 g/mol. The Morgan fingerprint density at radius 2 is 1.54 bits per heavy atom. The molecule has 0 saturated heterocycles. The summed E-state index contributed by atoms with van der Waals surface area (Å²) in [6.07, 6.45) is 9.73. The van der Waals surface area contributed by atoms with E-state index < -0.39 is 0 Å². The lowest BCUT2D eigenvalue weighted by molar-refractivity contribution is 0.963. The number of aromatic nitrogens is 3. The minimum absolute atomic E-state index is 0.522. The normalized spacial score (nSPS) is 14.7. The molecular weight excluding hydrogens is 562 g/mol. The van der Waals surface area contributed by atoms with Gasteiger partial charge in [0.25, 0.3) is 0 Å². The number of rotatable bonds is 5. The first-order chi connectivity index (χ1) is 22.4. The summed E-state index contributed by atoms with van der Waals surface area (Å²) in [6, 6.07) is 31.8. The molecule has 5 nitrogen and oxygen atoms in total. The van der Waals surface area contributed by atoms with Crippen molar-refractivity contribution in [3.63, 3.8) is 0 Å². The van der Waals surface area contributed by atoms with Crippen LogP contribution in [0.3, 0.4) is 0 Å². The number of benzene rings is 4. The van der Waals surface area contributed by atoms with Crippen molar-refractivity contribution in [1.29, 1.82) is 0 Å². The predicted octanol–water partition coefficient (Wildman–Crippen LogP) is 9.97. The Hall–Kier alpha value is -6.20. The zero-order valence-corrected chi connectivity index (χ0v) is 25.6. The number of hydrogen-bond acceptors (Lipinski definition) is 3. The van der Waals surface area contributed by atoms with Gasteiger partial charge in [0.05, 0.1) is 33.6 Å². The van der Waals surface area contributed by atoms with Crippen molar-refractivity contribution < 1.29 is 0 Å². The summed E-state index contributed by atoms with van der Waals surface area (Å²) < 4.78 is 4.47. The Morgan fingerprint density at radius 3 is 2.35 bits per heavy atom. The molecule has 220 valence electrons. The standard InChI is InChI=1S/C41H31N5/c1-6-37-27(3)34-24-30(21-23-38(34)45(37)32-15-8-7-9-16-32)31-20-22-33-28(4)44(29(5)42-35-17-11-10-14-26(35)2)41-43-36-18-12-13-19-39(36)46(41)40(33)25-31/h6-25H,1-2,4-5H2,3H3/b42-35-. The topological polar surface area (TPSA) is 38.4 Å². The number of allylic oxidation sites excluding steroid dienone is 5. The van der Waals surface area contributed by atoms with Crippen LogP contribution in [0.1, 0.15) is 16.8 Å². The molecule has 1 aliphatic heterocycles. The Labute approximate surface area is 268 Å². The molecule has 1 aliphatic carbocycles. The first-order valence-electron chi connectivity index (χ1n) is 15.2. The Morgan fingerprint density at radius 1 is 0.804 bits per heavy atom. The van der Waals surface area contributed by atoms with Crippen LogP contribution in [0.25, 0.3) is 56.2 Å². The molecule has 2 aromatic heterocycles. The van der Waals surface area contributed by atoms with Crippen LogP contribution in [0.15, 0.2) is 158 Å². The van der Waals surface area contributed by atoms with Crippen LogP contribution in [0.5, 0.6) is 0 Å². The number of nitrogens with zero attached hydrogens (tertiary/aromatic N) is 5. The third-order valence-corrected chi connectivity index (χ3v) is 8.87. The first kappa shape index (κ1) is 27.4. The summed E-state index contributed by atoms with van der Waals surface area (Å²) in [5.74, 6) is 1.22. The summed E-state index contributed by atoms with van der Waals surface area (Å²) in [5, 5.41) is 1.20. The number of aryl methyl sites for hydroxylation is 1. The summed E-state index contributed by atoms with van der Waals surface area (Å²) in [4.78, 5) is 11.9. The minimum Gasteiger partial charge on any atom is -0.310 e. The van der Waals surface area contributed by atoms with Crippen molar-refractivity contribution in [2.75, 3.05) is 4.90 Å². The third-order valence-electron chi connectivity index (χ3n) is 8.87. The molecule has 8 rings (SSSR count). The second-order valence-corrected chi connectivity index (χ2v) is 11.5. The molecule has 0 unspecified atom stereocenters. The molecule has 0 N–H and O–H groups in total. The number of aliphatic imine (C=N–C) groups is 1. The number of fused-ring (bicyclic) bond motifs is 6. The van der Waals surface area contributed by atoms with Gasteiger partial charge >= 0.3 is 0 Å². The highest BCUT2D eigenvalue weighted by molar-refractivity contribution is 6.12. The van der Waals surface area contributed by atoms with Gasteiger partial charge in [-0.15, -0.1) is 0 Å². The van der Waals surface area contributed by atoms with Crippen LogP contribution < -0.4 is 4.90 Å². The van der Waals surface area contributed by atoms with E-state index in [-0.39, 0.29) is 0 Å². The maximum absolute atomic E-state index is 5.05. The minimum atomic E-state index is 0.522. The first-order valence-corrected chi connectivity index (χ1v) is 15.2. The lowest BCUT2D eigenvalue weighted by atomic mass is 9.98. The molecule has 5 heteroatoms. The fraction of sp³-hybridized carbons (Fsp3) is 0.0244. The highest BCUT2D eigenvalue weighted by Gasteiger charge is 2.31. The SMILES string of the molecule is C=Cc1c(C)c2cc(-c3ccc4c(c3)-n3c(nc5ccccc53)N(C(=C)/N=C3/C=CC=CC3=C)C4=C)ccc2n1-c1ccccc1. The molecule has 0 amide bonds. The second-order valence-electron chi connectivity index (χ2n) is 11.5. The fourth-order valence-corrected chi connectivity index (χ4v) is 6.61. The quantitative estimate of drug-likeness (QED) is 0.200. The van der Waals surface area contributed by atoms with E-state index >= 15 is 0 Å². The van der Waals surface area contributed by atoms with Gasteiger partial charge in [0, 0.05) is 22.3 Å². The zero-order valence-electron chi connectivity index (χ0n) is 25.6. The van der Waals surface area contributed by atoms with Crippen molar-refractivity contribution >= 4 is 45.4 Å². The van der Waals surface area contributed by atoms with Gasteiger partial charge in [-0.3, -0.25) is 9.47 Å². The summed E-state index contributed by atoms with van der Waals surface area (Å²) >= 11 is 0. The van der Waals surface area contributed by atoms with Crippen molar-refractivity contribution in [2.45, 2.75) is 6.92 Å². The van der Waals surface area contributed by atoms with E-state index in [4.69, 9.17) is 9.98 Å². The maximum Gasteiger partial charge on any atom is 0.221 e. The van der Waals surface area contributed by atoms with Gasteiger partial charge in [-0.25, -0.2) is 9.98 Å². The van der Waals surface area contributed by atoms with Crippen molar-refractivity contribution in [2.24, 2.45) is 4.99 Å². The van der Waals surface area contributed by atoms with Gasteiger partial charge in [-0.05, 0) is 83.8 Å². The molecule has 0 fully saturated rings. The summed E-state index contributed by atoms with van der Waals surface area (Å²) in [7, 11) is 0. The number of anilines is 1. The largest absolute Gasteiger partial charge is 0.310 e. The molecule has 46 heavy (non-hydrogen) atoms. The fourth-order valence-electron chi connectivity index (χ4n) is 6.61. The molecule has 6 aromatic rings. The van der Waals surface area contributed by atoms with Crippen LogP contribution in [-0.4, -0.2) is 19.8 Å². The van der Waals surface area contributed by atoms with Gasteiger partial charge in [-0.2, -0.15) is 0 Å². The highest BCUT2D eigenvalue weighted by atomic mass is 15.4. The molecule has 0 radical (unpaired) electrons. The van der Waals surface area contributed by atoms with Gasteiger partial charge < -0.3 is 4.57 Å². The van der Waals surface area contributed by atoms with E-state index in [1.165, 1.54) is 10.9 Å².